The molecule has 8 nitrogen and oxygen atoms in total. The number of carbonyl (C=O) groups is 3. The largest absolute Gasteiger partial charge is 0.480 e. The SMILES string of the molecule is O=C(O)CNC(=O)c1ccc2c(c1)/C(=C\c1cc3cc(CCCN4CCCC4)ccc3[nH]1)C(=O)N2. The second-order valence-electron chi connectivity index (χ2n) is 9.15. The van der Waals surface area contributed by atoms with Crippen molar-refractivity contribution in [3.05, 3.63) is 64.8 Å². The third-order valence-corrected chi connectivity index (χ3v) is 6.61. The number of aromatic amines is 1. The summed E-state index contributed by atoms with van der Waals surface area (Å²) < 4.78 is 0. The zero-order valence-corrected chi connectivity index (χ0v) is 19.4. The van der Waals surface area contributed by atoms with E-state index in [1.54, 1.807) is 24.3 Å². The van der Waals surface area contributed by atoms with Gasteiger partial charge < -0.3 is 25.6 Å². The summed E-state index contributed by atoms with van der Waals surface area (Å²) in [5.74, 6) is -1.87. The van der Waals surface area contributed by atoms with Crippen LogP contribution in [0.25, 0.3) is 22.6 Å². The van der Waals surface area contributed by atoms with Gasteiger partial charge in [-0.2, -0.15) is 0 Å². The number of aryl methyl sites for hydroxylation is 1. The van der Waals surface area contributed by atoms with E-state index >= 15 is 0 Å². The van der Waals surface area contributed by atoms with E-state index < -0.39 is 18.4 Å². The van der Waals surface area contributed by atoms with Crippen molar-refractivity contribution in [3.63, 3.8) is 0 Å². The second kappa shape index (κ2) is 9.76. The van der Waals surface area contributed by atoms with E-state index in [1.165, 1.54) is 31.5 Å². The fourth-order valence-corrected chi connectivity index (χ4v) is 4.84. The quantitative estimate of drug-likeness (QED) is 0.375. The van der Waals surface area contributed by atoms with Gasteiger partial charge in [0.05, 0.1) is 5.57 Å². The first-order valence-electron chi connectivity index (χ1n) is 12.0. The number of aromatic nitrogens is 1. The molecule has 4 N–H and O–H groups in total. The molecule has 2 aromatic carbocycles. The van der Waals surface area contributed by atoms with Crippen LogP contribution in [0.4, 0.5) is 5.69 Å². The summed E-state index contributed by atoms with van der Waals surface area (Å²) in [5, 5.41) is 15.0. The van der Waals surface area contributed by atoms with Crippen LogP contribution >= 0.6 is 0 Å². The lowest BCUT2D eigenvalue weighted by molar-refractivity contribution is -0.135. The van der Waals surface area contributed by atoms with Crippen LogP contribution < -0.4 is 10.6 Å². The third kappa shape index (κ3) is 5.12. The summed E-state index contributed by atoms with van der Waals surface area (Å²) >= 11 is 0. The monoisotopic (exact) mass is 472 g/mol. The van der Waals surface area contributed by atoms with Crippen LogP contribution in [0.5, 0.6) is 0 Å². The van der Waals surface area contributed by atoms with Crippen LogP contribution in [-0.4, -0.2) is 59.0 Å². The summed E-state index contributed by atoms with van der Waals surface area (Å²) in [6.07, 6.45) is 6.60. The molecular weight excluding hydrogens is 444 g/mol. The summed E-state index contributed by atoms with van der Waals surface area (Å²) in [5.41, 5.74) is 5.07. The van der Waals surface area contributed by atoms with Crippen molar-refractivity contribution in [1.29, 1.82) is 0 Å². The number of anilines is 1. The molecular formula is C27H28N4O4. The number of benzene rings is 2. The number of carboxylic acids is 1. The molecule has 3 aromatic rings. The van der Waals surface area contributed by atoms with Crippen LogP contribution in [0.2, 0.25) is 0 Å². The van der Waals surface area contributed by atoms with Crippen molar-refractivity contribution in [1.82, 2.24) is 15.2 Å². The summed E-state index contributed by atoms with van der Waals surface area (Å²) in [6.45, 7) is 3.12. The van der Waals surface area contributed by atoms with E-state index in [1.807, 2.05) is 6.07 Å². The maximum absolute atomic E-state index is 12.7. The van der Waals surface area contributed by atoms with E-state index in [-0.39, 0.29) is 5.91 Å². The van der Waals surface area contributed by atoms with Crippen molar-refractivity contribution in [3.8, 4) is 0 Å². The molecule has 0 aliphatic carbocycles. The standard InChI is InChI=1S/C27H28N4O4/c32-25(33)16-28-26(34)18-6-8-24-21(14-18)22(27(35)30-24)15-20-13-19-12-17(5-7-23(19)29-20)4-3-11-31-9-1-2-10-31/h5-8,12-15,29H,1-4,9-11,16H2,(H,28,34)(H,30,35)(H,32,33)/b22-15+. The average Bonchev–Trinajstić information content (AvgIpc) is 3.56. The molecule has 0 saturated carbocycles. The number of aliphatic carboxylic acids is 1. The number of rotatable bonds is 8. The Kier molecular flexibility index (Phi) is 6.37. The maximum Gasteiger partial charge on any atom is 0.322 e. The lowest BCUT2D eigenvalue weighted by Crippen LogP contribution is -2.29. The Morgan fingerprint density at radius 1 is 1.09 bits per heavy atom. The van der Waals surface area contributed by atoms with Crippen LogP contribution in [0.15, 0.2) is 42.5 Å². The van der Waals surface area contributed by atoms with E-state index in [0.717, 1.165) is 36.0 Å². The molecule has 180 valence electrons. The number of nitrogens with zero attached hydrogens (tertiary/aromatic N) is 1. The molecule has 0 bridgehead atoms. The number of hydrogen-bond acceptors (Lipinski definition) is 4. The zero-order chi connectivity index (χ0) is 24.4. The van der Waals surface area contributed by atoms with Gasteiger partial charge in [0.25, 0.3) is 11.8 Å². The van der Waals surface area contributed by atoms with Crippen molar-refractivity contribution in [2.45, 2.75) is 25.7 Å². The Balaban J connectivity index is 1.34. The molecule has 0 radical (unpaired) electrons. The van der Waals surface area contributed by atoms with Crippen LogP contribution in [-0.2, 0) is 16.0 Å². The van der Waals surface area contributed by atoms with Gasteiger partial charge in [-0.25, -0.2) is 0 Å². The van der Waals surface area contributed by atoms with Gasteiger partial charge in [0, 0.05) is 33.4 Å². The number of carbonyl (C=O) groups excluding carboxylic acids is 2. The van der Waals surface area contributed by atoms with Gasteiger partial charge in [0.15, 0.2) is 0 Å². The number of amides is 2. The fourth-order valence-electron chi connectivity index (χ4n) is 4.84. The van der Waals surface area contributed by atoms with E-state index in [0.29, 0.717) is 22.4 Å². The van der Waals surface area contributed by atoms with Crippen LogP contribution in [0.1, 0.15) is 46.4 Å². The normalized spacial score (nSPS) is 16.6. The maximum atomic E-state index is 12.7. The Morgan fingerprint density at radius 3 is 2.71 bits per heavy atom. The first kappa shape index (κ1) is 22.9. The van der Waals surface area contributed by atoms with Gasteiger partial charge in [-0.3, -0.25) is 14.4 Å². The first-order chi connectivity index (χ1) is 17.0. The highest BCUT2D eigenvalue weighted by Crippen LogP contribution is 2.34. The average molecular weight is 473 g/mol. The smallest absolute Gasteiger partial charge is 0.322 e. The molecule has 0 unspecified atom stereocenters. The summed E-state index contributed by atoms with van der Waals surface area (Å²) in [6, 6.07) is 13.3. The molecule has 2 aliphatic rings. The number of H-pyrrole nitrogens is 1. The van der Waals surface area contributed by atoms with Gasteiger partial charge in [0.1, 0.15) is 6.54 Å². The van der Waals surface area contributed by atoms with Crippen LogP contribution in [0.3, 0.4) is 0 Å². The molecule has 1 saturated heterocycles. The third-order valence-electron chi connectivity index (χ3n) is 6.61. The molecule has 0 spiro atoms. The Labute approximate surface area is 203 Å². The Bertz CT molecular complexity index is 1330. The highest BCUT2D eigenvalue weighted by molar-refractivity contribution is 6.35. The highest BCUT2D eigenvalue weighted by atomic mass is 16.4. The molecule has 35 heavy (non-hydrogen) atoms. The van der Waals surface area contributed by atoms with Crippen molar-refractivity contribution >= 4 is 46.0 Å². The van der Waals surface area contributed by atoms with Gasteiger partial charge >= 0.3 is 5.97 Å². The van der Waals surface area contributed by atoms with Crippen LogP contribution in [0, 0.1) is 0 Å². The number of nitrogens with one attached hydrogen (secondary N) is 3. The minimum atomic E-state index is -1.12. The number of carboxylic acid groups (broad SMARTS) is 1. The van der Waals surface area contributed by atoms with Crippen molar-refractivity contribution in [2.75, 3.05) is 31.5 Å². The topological polar surface area (TPSA) is 115 Å². The predicted octanol–water partition coefficient (Wildman–Crippen LogP) is 3.50. The lowest BCUT2D eigenvalue weighted by atomic mass is 10.0. The molecule has 3 heterocycles. The zero-order valence-electron chi connectivity index (χ0n) is 19.4. The van der Waals surface area contributed by atoms with E-state index in [2.05, 4.69) is 38.7 Å². The molecule has 2 aliphatic heterocycles. The Morgan fingerprint density at radius 2 is 1.91 bits per heavy atom. The van der Waals surface area contributed by atoms with E-state index in [4.69, 9.17) is 5.11 Å². The Hall–Kier alpha value is -3.91. The molecule has 1 aromatic heterocycles. The van der Waals surface area contributed by atoms with Gasteiger partial charge in [-0.05, 0) is 93.4 Å². The second-order valence-corrected chi connectivity index (χ2v) is 9.15. The fraction of sp³-hybridized carbons (Fsp3) is 0.296. The molecule has 8 heteroatoms. The minimum Gasteiger partial charge on any atom is -0.480 e. The molecule has 0 atom stereocenters. The van der Waals surface area contributed by atoms with Gasteiger partial charge in [-0.1, -0.05) is 6.07 Å². The molecule has 2 amide bonds. The lowest BCUT2D eigenvalue weighted by Gasteiger charge is -2.13. The number of fused-ring (bicyclic) bond motifs is 2. The molecule has 1 fully saturated rings. The molecule has 5 rings (SSSR count). The predicted molar refractivity (Wildman–Crippen MR) is 135 cm³/mol. The van der Waals surface area contributed by atoms with Gasteiger partial charge in [0.2, 0.25) is 0 Å². The van der Waals surface area contributed by atoms with Gasteiger partial charge in [-0.15, -0.1) is 0 Å². The first-order valence-corrected chi connectivity index (χ1v) is 12.0. The summed E-state index contributed by atoms with van der Waals surface area (Å²) in [4.78, 5) is 41.6. The minimum absolute atomic E-state index is 0.246. The van der Waals surface area contributed by atoms with Crippen molar-refractivity contribution < 1.29 is 19.5 Å². The number of likely N-dealkylation sites (tertiary alicyclic amines) is 1. The van der Waals surface area contributed by atoms with Crippen molar-refractivity contribution in [2.24, 2.45) is 0 Å². The van der Waals surface area contributed by atoms with E-state index in [9.17, 15) is 14.4 Å². The highest BCUT2D eigenvalue weighted by Gasteiger charge is 2.25. The summed E-state index contributed by atoms with van der Waals surface area (Å²) in [7, 11) is 0. The number of hydrogen-bond donors (Lipinski definition) is 4.